The molecule has 0 amide bonds. The van der Waals surface area contributed by atoms with E-state index in [4.69, 9.17) is 10.5 Å². The molecule has 9 nitrogen and oxygen atoms in total. The van der Waals surface area contributed by atoms with Gasteiger partial charge in [0.05, 0.1) is 48.9 Å². The normalized spacial score (nSPS) is 12.1. The van der Waals surface area contributed by atoms with Gasteiger partial charge in [0.15, 0.2) is 11.6 Å². The summed E-state index contributed by atoms with van der Waals surface area (Å²) in [5.41, 5.74) is 0.801. The van der Waals surface area contributed by atoms with Crippen molar-refractivity contribution >= 4 is 16.5 Å². The van der Waals surface area contributed by atoms with Crippen LogP contribution in [-0.4, -0.2) is 38.0 Å². The summed E-state index contributed by atoms with van der Waals surface area (Å²) in [5.74, 6) is -1.09. The third-order valence-electron chi connectivity index (χ3n) is 5.40. The van der Waals surface area contributed by atoms with Crippen molar-refractivity contribution in [1.29, 1.82) is 0 Å². The molecule has 1 unspecified atom stereocenters. The predicted molar refractivity (Wildman–Crippen MR) is 130 cm³/mol. The van der Waals surface area contributed by atoms with Gasteiger partial charge in [-0.3, -0.25) is 9.59 Å². The molecule has 0 saturated heterocycles. The standard InChI is InChI=1S/C19H18F3N3O2.C5H4F3N3O/c1-3-4-11(20)9-25-10-17(22)13-5-15(16(21)6-14(13)19(25)26)18-23-7-12(27-2)8-24-18;6-5(7,8)3-2(9)1-10-11-4(3)12/h5-8,10-11H,3-4,9H2,1-2H3;1H,(H3,9,11,12). The molecule has 39 heavy (non-hydrogen) atoms. The average Bonchev–Trinajstić information content (AvgIpc) is 2.86. The van der Waals surface area contributed by atoms with Gasteiger partial charge in [-0.2, -0.15) is 18.3 Å². The van der Waals surface area contributed by atoms with Crippen molar-refractivity contribution in [1.82, 2.24) is 24.7 Å². The molecule has 1 aromatic carbocycles. The van der Waals surface area contributed by atoms with Gasteiger partial charge in [-0.15, -0.1) is 0 Å². The number of pyridine rings is 1. The predicted octanol–water partition coefficient (Wildman–Crippen LogP) is 4.25. The first-order chi connectivity index (χ1) is 18.4. The number of fused-ring (bicyclic) bond motifs is 1. The van der Waals surface area contributed by atoms with E-state index in [0.717, 1.165) is 23.0 Å². The molecule has 3 heterocycles. The Balaban J connectivity index is 0.000000293. The molecule has 0 fully saturated rings. The molecule has 0 aliphatic carbocycles. The van der Waals surface area contributed by atoms with Crippen LogP contribution in [0.5, 0.6) is 5.75 Å². The zero-order valence-corrected chi connectivity index (χ0v) is 20.5. The maximum atomic E-state index is 14.6. The van der Waals surface area contributed by atoms with Gasteiger partial charge in [0, 0.05) is 11.6 Å². The summed E-state index contributed by atoms with van der Waals surface area (Å²) in [5, 5.41) is 4.51. The minimum absolute atomic E-state index is 0.0329. The van der Waals surface area contributed by atoms with E-state index in [2.05, 4.69) is 15.1 Å². The molecular formula is C24H22F6N6O3. The summed E-state index contributed by atoms with van der Waals surface area (Å²) >= 11 is 0. The summed E-state index contributed by atoms with van der Waals surface area (Å²) < 4.78 is 84.8. The smallest absolute Gasteiger partial charge is 0.423 e. The fourth-order valence-corrected chi connectivity index (χ4v) is 3.56. The van der Waals surface area contributed by atoms with Crippen molar-refractivity contribution in [3.8, 4) is 17.1 Å². The highest BCUT2D eigenvalue weighted by Crippen LogP contribution is 2.29. The molecule has 4 rings (SSSR count). The number of hydrogen-bond acceptors (Lipinski definition) is 7. The van der Waals surface area contributed by atoms with Crippen LogP contribution >= 0.6 is 0 Å². The Labute approximate surface area is 216 Å². The third-order valence-corrected chi connectivity index (χ3v) is 5.40. The zero-order valence-electron chi connectivity index (χ0n) is 20.5. The van der Waals surface area contributed by atoms with Crippen LogP contribution in [0.25, 0.3) is 22.2 Å². The van der Waals surface area contributed by atoms with Gasteiger partial charge in [-0.05, 0) is 18.6 Å². The second-order valence-corrected chi connectivity index (χ2v) is 8.17. The van der Waals surface area contributed by atoms with Crippen LogP contribution in [0.4, 0.5) is 32.0 Å². The van der Waals surface area contributed by atoms with Crippen LogP contribution in [0, 0.1) is 11.6 Å². The Morgan fingerprint density at radius 1 is 1.08 bits per heavy atom. The van der Waals surface area contributed by atoms with Crippen molar-refractivity contribution in [2.75, 3.05) is 12.8 Å². The molecule has 0 radical (unpaired) electrons. The van der Waals surface area contributed by atoms with E-state index in [1.54, 1.807) is 5.10 Å². The molecule has 3 aromatic heterocycles. The van der Waals surface area contributed by atoms with Crippen molar-refractivity contribution in [2.24, 2.45) is 0 Å². The van der Waals surface area contributed by atoms with Crippen LogP contribution in [0.3, 0.4) is 0 Å². The average molecular weight is 556 g/mol. The Kier molecular flexibility index (Phi) is 8.93. The monoisotopic (exact) mass is 556 g/mol. The molecule has 1 atom stereocenters. The lowest BCUT2D eigenvalue weighted by molar-refractivity contribution is -0.138. The largest absolute Gasteiger partial charge is 0.494 e. The summed E-state index contributed by atoms with van der Waals surface area (Å²) in [6.45, 7) is 1.54. The van der Waals surface area contributed by atoms with Crippen LogP contribution in [0.2, 0.25) is 0 Å². The van der Waals surface area contributed by atoms with Gasteiger partial charge in [0.1, 0.15) is 23.4 Å². The molecule has 3 N–H and O–H groups in total. The van der Waals surface area contributed by atoms with E-state index in [0.29, 0.717) is 12.2 Å². The number of halogens is 6. The van der Waals surface area contributed by atoms with Crippen LogP contribution in [-0.2, 0) is 12.7 Å². The summed E-state index contributed by atoms with van der Waals surface area (Å²) in [7, 11) is 1.44. The second-order valence-electron chi connectivity index (χ2n) is 8.17. The lowest BCUT2D eigenvalue weighted by Gasteiger charge is -2.12. The number of aromatic nitrogens is 5. The zero-order chi connectivity index (χ0) is 28.9. The number of rotatable bonds is 6. The van der Waals surface area contributed by atoms with Crippen LogP contribution in [0.15, 0.2) is 46.5 Å². The number of nitrogens with zero attached hydrogens (tertiary/aromatic N) is 4. The molecule has 0 spiro atoms. The highest BCUT2D eigenvalue weighted by atomic mass is 19.4. The maximum Gasteiger partial charge on any atom is 0.423 e. The first-order valence-corrected chi connectivity index (χ1v) is 11.3. The number of H-pyrrole nitrogens is 1. The van der Waals surface area contributed by atoms with Gasteiger partial charge >= 0.3 is 6.18 Å². The number of benzene rings is 1. The molecule has 208 valence electrons. The number of anilines is 1. The van der Waals surface area contributed by atoms with E-state index in [9.17, 15) is 35.9 Å². The lowest BCUT2D eigenvalue weighted by Crippen LogP contribution is -2.25. The van der Waals surface area contributed by atoms with Crippen LogP contribution < -0.4 is 21.6 Å². The molecule has 0 bridgehead atoms. The van der Waals surface area contributed by atoms with Crippen molar-refractivity contribution in [3.05, 3.63) is 74.8 Å². The first kappa shape index (κ1) is 29.1. The highest BCUT2D eigenvalue weighted by molar-refractivity contribution is 5.86. The van der Waals surface area contributed by atoms with Gasteiger partial charge in [0.2, 0.25) is 0 Å². The number of ether oxygens (including phenoxy) is 1. The molecule has 15 heteroatoms. The minimum Gasteiger partial charge on any atom is -0.494 e. The summed E-state index contributed by atoms with van der Waals surface area (Å²) in [4.78, 5) is 31.1. The van der Waals surface area contributed by atoms with Crippen molar-refractivity contribution in [3.63, 3.8) is 0 Å². The Morgan fingerprint density at radius 2 is 1.74 bits per heavy atom. The Bertz CT molecular complexity index is 1570. The number of nitrogen functional groups attached to an aromatic ring is 1. The molecule has 0 saturated carbocycles. The molecule has 0 aliphatic rings. The van der Waals surface area contributed by atoms with Crippen LogP contribution in [0.1, 0.15) is 25.3 Å². The van der Waals surface area contributed by atoms with E-state index in [-0.39, 0.29) is 35.1 Å². The molecule has 4 aromatic rings. The Hall–Kier alpha value is -4.43. The van der Waals surface area contributed by atoms with Gasteiger partial charge in [-0.25, -0.2) is 28.2 Å². The van der Waals surface area contributed by atoms with E-state index >= 15 is 0 Å². The SMILES string of the molecule is CCCC(F)Cn1cc(F)c2cc(-c3ncc(OC)cn3)c(F)cc2c1=O.Nc1cn[nH]c(=O)c1C(F)(F)F. The second kappa shape index (κ2) is 12.0. The van der Waals surface area contributed by atoms with Gasteiger partial charge in [0.25, 0.3) is 11.1 Å². The Morgan fingerprint density at radius 3 is 2.28 bits per heavy atom. The number of hydrogen-bond donors (Lipinski definition) is 2. The quantitative estimate of drug-likeness (QED) is 0.340. The van der Waals surface area contributed by atoms with Gasteiger partial charge < -0.3 is 15.0 Å². The topological polar surface area (TPSA) is 129 Å². The third kappa shape index (κ3) is 6.72. The fourth-order valence-electron chi connectivity index (χ4n) is 3.56. The first-order valence-electron chi connectivity index (χ1n) is 11.3. The lowest BCUT2D eigenvalue weighted by atomic mass is 10.1. The highest BCUT2D eigenvalue weighted by Gasteiger charge is 2.36. The van der Waals surface area contributed by atoms with E-state index in [1.807, 2.05) is 6.92 Å². The van der Waals surface area contributed by atoms with E-state index < -0.39 is 46.4 Å². The van der Waals surface area contributed by atoms with Crippen molar-refractivity contribution in [2.45, 2.75) is 38.7 Å². The molecule has 0 aliphatic heterocycles. The minimum atomic E-state index is -4.74. The number of methoxy groups -OCH3 is 1. The number of nitrogens with one attached hydrogen (secondary N) is 1. The number of alkyl halides is 4. The van der Waals surface area contributed by atoms with Crippen molar-refractivity contribution < 1.29 is 31.1 Å². The van der Waals surface area contributed by atoms with E-state index in [1.165, 1.54) is 25.6 Å². The number of nitrogens with two attached hydrogens (primary N) is 1. The maximum absolute atomic E-state index is 14.6. The summed E-state index contributed by atoms with van der Waals surface area (Å²) in [6.07, 6.45) is -0.750. The summed E-state index contributed by atoms with van der Waals surface area (Å²) in [6, 6.07) is 2.12. The fraction of sp³-hybridized carbons (Fsp3) is 0.292. The number of aromatic amines is 1. The van der Waals surface area contributed by atoms with Gasteiger partial charge in [-0.1, -0.05) is 13.3 Å². The molecular weight excluding hydrogens is 534 g/mol.